The second-order valence-electron chi connectivity index (χ2n) is 32.6. The van der Waals surface area contributed by atoms with E-state index in [2.05, 4.69) is 373 Å². The fourth-order valence-corrected chi connectivity index (χ4v) is 16.9. The van der Waals surface area contributed by atoms with E-state index in [1.807, 2.05) is 11.3 Å². The standard InChI is InChI=1S/C93H87N3OS/c1-88(2,3)58-34-36-62(37-35-58)93(64-45-53-77-73(55-64)72-54-63(92(13,14)15)44-52-76(72)96(77)69-50-42-61(43-51-69)91(10,11)12)74-57-79(95(66-28-20-17-21-29-66)68-48-40-60(41-49-68)90(7,8)9)87-83(71-31-23-25-33-81(71)98-87)84(74)85-75(93)56-78(82-70-30-22-24-32-80(70)97-86(82)85)94(65-26-18-16-19-27-65)67-46-38-59(39-47-67)89(4,5)6/h16-57H,1-15H3. The van der Waals surface area contributed by atoms with Crippen molar-refractivity contribution >= 4 is 109 Å². The number of hydrogen-bond donors (Lipinski definition) is 0. The highest BCUT2D eigenvalue weighted by atomic mass is 32.1. The van der Waals surface area contributed by atoms with Crippen LogP contribution in [0.15, 0.2) is 259 Å². The average Bonchev–Trinajstić information content (AvgIpc) is 1.49. The minimum Gasteiger partial charge on any atom is -0.455 e. The monoisotopic (exact) mass is 1290 g/mol. The summed E-state index contributed by atoms with van der Waals surface area (Å²) in [5.41, 5.74) is 23.8. The summed E-state index contributed by atoms with van der Waals surface area (Å²) >= 11 is 1.89. The third-order valence-electron chi connectivity index (χ3n) is 21.0. The maximum Gasteiger partial charge on any atom is 0.145 e. The zero-order valence-electron chi connectivity index (χ0n) is 59.4. The summed E-state index contributed by atoms with van der Waals surface area (Å²) in [7, 11) is 0. The molecule has 486 valence electrons. The molecule has 0 N–H and O–H groups in total. The van der Waals surface area contributed by atoms with Gasteiger partial charge in [0.25, 0.3) is 0 Å². The lowest BCUT2D eigenvalue weighted by Crippen LogP contribution is -2.29. The molecular formula is C93H87N3OS. The third kappa shape index (κ3) is 10.1. The molecule has 1 atom stereocenters. The molecule has 3 aromatic heterocycles. The van der Waals surface area contributed by atoms with Crippen LogP contribution in [0.4, 0.5) is 34.1 Å². The van der Waals surface area contributed by atoms with Crippen molar-refractivity contribution in [1.82, 2.24) is 4.57 Å². The van der Waals surface area contributed by atoms with Gasteiger partial charge in [-0.15, -0.1) is 11.3 Å². The Hall–Kier alpha value is -9.94. The van der Waals surface area contributed by atoms with Crippen LogP contribution in [0.5, 0.6) is 0 Å². The SMILES string of the molecule is CC(C)(C)c1ccc(N(c2ccccc2)c2cc3c(c4c2sc2ccccc24)-c2c(cc(N(c4ccccc4)c4ccc(C(C)(C)C)cc4)c4c2oc2ccccc24)C3(c2ccc(C(C)(C)C)cc2)c2ccc3c(c2)c2cc(C(C)(C)C)ccc2n3-c2ccc(C(C)(C)C)cc2)cc1. The van der Waals surface area contributed by atoms with E-state index in [0.717, 1.165) is 78.4 Å². The molecule has 12 aromatic carbocycles. The fraction of sp³-hybridized carbons (Fsp3) is 0.226. The lowest BCUT2D eigenvalue weighted by molar-refractivity contribution is 0.589. The molecule has 4 nitrogen and oxygen atoms in total. The number of rotatable bonds is 9. The van der Waals surface area contributed by atoms with Gasteiger partial charge in [0.05, 0.1) is 37.9 Å². The number of hydrogen-bond acceptors (Lipinski definition) is 4. The zero-order valence-corrected chi connectivity index (χ0v) is 60.2. The van der Waals surface area contributed by atoms with Crippen LogP contribution >= 0.6 is 11.3 Å². The third-order valence-corrected chi connectivity index (χ3v) is 22.2. The first-order valence-electron chi connectivity index (χ1n) is 35.0. The van der Waals surface area contributed by atoms with Gasteiger partial charge in [-0.3, -0.25) is 0 Å². The summed E-state index contributed by atoms with van der Waals surface area (Å²) in [4.78, 5) is 5.04. The van der Waals surface area contributed by atoms with Crippen LogP contribution in [0.2, 0.25) is 0 Å². The van der Waals surface area contributed by atoms with Gasteiger partial charge in [0.15, 0.2) is 0 Å². The van der Waals surface area contributed by atoms with Crippen molar-refractivity contribution in [2.75, 3.05) is 9.80 Å². The first kappa shape index (κ1) is 62.8. The van der Waals surface area contributed by atoms with Gasteiger partial charge in [-0.05, 0) is 192 Å². The van der Waals surface area contributed by atoms with Crippen molar-refractivity contribution in [3.63, 3.8) is 0 Å². The van der Waals surface area contributed by atoms with Crippen molar-refractivity contribution in [2.24, 2.45) is 0 Å². The Morgan fingerprint density at radius 1 is 0.337 bits per heavy atom. The summed E-state index contributed by atoms with van der Waals surface area (Å²) in [6.07, 6.45) is 0. The van der Waals surface area contributed by atoms with E-state index in [0.29, 0.717) is 0 Å². The van der Waals surface area contributed by atoms with Crippen molar-refractivity contribution < 1.29 is 4.42 Å². The molecule has 3 heterocycles. The van der Waals surface area contributed by atoms with Crippen molar-refractivity contribution in [3.8, 4) is 16.8 Å². The molecule has 0 saturated carbocycles. The van der Waals surface area contributed by atoms with Gasteiger partial charge in [0.2, 0.25) is 0 Å². The van der Waals surface area contributed by atoms with Crippen LogP contribution in [0.3, 0.4) is 0 Å². The van der Waals surface area contributed by atoms with Gasteiger partial charge < -0.3 is 18.8 Å². The molecule has 0 radical (unpaired) electrons. The lowest BCUT2D eigenvalue weighted by Gasteiger charge is -2.36. The second kappa shape index (κ2) is 22.6. The molecule has 5 heteroatoms. The van der Waals surface area contributed by atoms with E-state index in [9.17, 15) is 0 Å². The molecular weight excluding hydrogens is 1210 g/mol. The van der Waals surface area contributed by atoms with Gasteiger partial charge in [-0.1, -0.05) is 249 Å². The lowest BCUT2D eigenvalue weighted by atomic mass is 9.66. The maximum absolute atomic E-state index is 7.82. The quantitative estimate of drug-likeness (QED) is 0.144. The van der Waals surface area contributed by atoms with Crippen molar-refractivity contribution in [2.45, 2.75) is 136 Å². The summed E-state index contributed by atoms with van der Waals surface area (Å²) in [6, 6.07) is 97.6. The number of thiophene rings is 1. The summed E-state index contributed by atoms with van der Waals surface area (Å²) in [5.74, 6) is 0. The Balaban J connectivity index is 1.13. The fourth-order valence-electron chi connectivity index (χ4n) is 15.7. The van der Waals surface area contributed by atoms with Gasteiger partial charge in [0.1, 0.15) is 11.2 Å². The number of fused-ring (bicyclic) bond motifs is 14. The van der Waals surface area contributed by atoms with Gasteiger partial charge in [-0.25, -0.2) is 0 Å². The van der Waals surface area contributed by atoms with E-state index >= 15 is 0 Å². The number of anilines is 6. The minimum atomic E-state index is -1.01. The Morgan fingerprint density at radius 3 is 1.31 bits per heavy atom. The molecule has 0 saturated heterocycles. The molecule has 0 amide bonds. The van der Waals surface area contributed by atoms with Crippen LogP contribution in [0.25, 0.3) is 80.7 Å². The number of aromatic nitrogens is 1. The second-order valence-corrected chi connectivity index (χ2v) is 33.7. The predicted molar refractivity (Wildman–Crippen MR) is 421 cm³/mol. The first-order chi connectivity index (χ1) is 46.8. The Bertz CT molecular complexity index is 5600. The molecule has 0 fully saturated rings. The van der Waals surface area contributed by atoms with Crippen LogP contribution in [0.1, 0.15) is 154 Å². The molecule has 1 aliphatic carbocycles. The molecule has 15 aromatic rings. The Morgan fingerprint density at radius 2 is 0.755 bits per heavy atom. The number of nitrogens with zero attached hydrogens (tertiary/aromatic N) is 3. The van der Waals surface area contributed by atoms with Crippen LogP contribution in [0, 0.1) is 0 Å². The molecule has 0 bridgehead atoms. The largest absolute Gasteiger partial charge is 0.455 e. The minimum absolute atomic E-state index is 0.00170. The van der Waals surface area contributed by atoms with Crippen LogP contribution < -0.4 is 9.80 Å². The molecule has 98 heavy (non-hydrogen) atoms. The van der Waals surface area contributed by atoms with E-state index < -0.39 is 5.41 Å². The molecule has 16 rings (SSSR count). The van der Waals surface area contributed by atoms with Crippen LogP contribution in [-0.2, 0) is 32.5 Å². The normalized spacial score (nSPS) is 14.5. The summed E-state index contributed by atoms with van der Waals surface area (Å²) in [5, 5.41) is 7.00. The highest BCUT2D eigenvalue weighted by Gasteiger charge is 2.51. The molecule has 1 unspecified atom stereocenters. The summed E-state index contributed by atoms with van der Waals surface area (Å²) < 4.78 is 12.8. The van der Waals surface area contributed by atoms with E-state index in [-0.39, 0.29) is 27.1 Å². The molecule has 0 aliphatic heterocycles. The molecule has 0 spiro atoms. The van der Waals surface area contributed by atoms with E-state index in [1.165, 1.54) is 86.5 Å². The number of furan rings is 1. The summed E-state index contributed by atoms with van der Waals surface area (Å²) in [6.45, 7) is 34.7. The van der Waals surface area contributed by atoms with Crippen molar-refractivity contribution in [3.05, 3.63) is 305 Å². The van der Waals surface area contributed by atoms with Gasteiger partial charge in [0, 0.05) is 65.6 Å². The highest BCUT2D eigenvalue weighted by Crippen LogP contribution is 2.65. The smallest absolute Gasteiger partial charge is 0.145 e. The van der Waals surface area contributed by atoms with E-state index in [1.54, 1.807) is 0 Å². The molecule has 1 aliphatic rings. The van der Waals surface area contributed by atoms with Crippen molar-refractivity contribution in [1.29, 1.82) is 0 Å². The van der Waals surface area contributed by atoms with Crippen LogP contribution in [-0.4, -0.2) is 4.57 Å². The first-order valence-corrected chi connectivity index (χ1v) is 35.8. The number of benzene rings is 12. The van der Waals surface area contributed by atoms with E-state index in [4.69, 9.17) is 4.42 Å². The average molecular weight is 1290 g/mol. The maximum atomic E-state index is 7.82. The van der Waals surface area contributed by atoms with Gasteiger partial charge in [-0.2, -0.15) is 0 Å². The predicted octanol–water partition coefficient (Wildman–Crippen LogP) is 26.8. The Labute approximate surface area is 582 Å². The number of para-hydroxylation sites is 3. The van der Waals surface area contributed by atoms with Gasteiger partial charge >= 0.3 is 0 Å². The highest BCUT2D eigenvalue weighted by molar-refractivity contribution is 7.26. The zero-order chi connectivity index (χ0) is 68.2. The Kier molecular flexibility index (Phi) is 14.5. The topological polar surface area (TPSA) is 24.6 Å².